The molecule has 0 spiro atoms. The van der Waals surface area contributed by atoms with E-state index in [0.717, 1.165) is 24.2 Å². The second-order valence-electron chi connectivity index (χ2n) is 3.19. The fourth-order valence-electron chi connectivity index (χ4n) is 1.68. The monoisotopic (exact) mass is 194 g/mol. The highest BCUT2D eigenvalue weighted by atomic mass is 16.4. The average Bonchev–Trinajstić information content (AvgIpc) is 2.16. The van der Waals surface area contributed by atoms with Gasteiger partial charge in [0.1, 0.15) is 6.54 Å². The van der Waals surface area contributed by atoms with E-state index in [1.165, 1.54) is 0 Å². The van der Waals surface area contributed by atoms with Gasteiger partial charge in [-0.2, -0.15) is 0 Å². The molecule has 1 N–H and O–H groups in total. The SMILES string of the molecule is CCc1c(CC(=O)O)ccc[n+]1CC. The highest BCUT2D eigenvalue weighted by Crippen LogP contribution is 2.05. The van der Waals surface area contributed by atoms with E-state index in [0.29, 0.717) is 0 Å². The van der Waals surface area contributed by atoms with E-state index >= 15 is 0 Å². The van der Waals surface area contributed by atoms with Gasteiger partial charge in [0.15, 0.2) is 11.9 Å². The van der Waals surface area contributed by atoms with E-state index < -0.39 is 5.97 Å². The van der Waals surface area contributed by atoms with Gasteiger partial charge in [-0.05, 0) is 13.0 Å². The van der Waals surface area contributed by atoms with Gasteiger partial charge in [0.25, 0.3) is 0 Å². The molecule has 3 nitrogen and oxygen atoms in total. The maximum atomic E-state index is 10.6. The van der Waals surface area contributed by atoms with Gasteiger partial charge in [-0.3, -0.25) is 4.79 Å². The van der Waals surface area contributed by atoms with Crippen molar-refractivity contribution in [2.24, 2.45) is 0 Å². The van der Waals surface area contributed by atoms with Gasteiger partial charge in [-0.25, -0.2) is 4.57 Å². The lowest BCUT2D eigenvalue weighted by atomic mass is 10.1. The summed E-state index contributed by atoms with van der Waals surface area (Å²) in [6.07, 6.45) is 2.98. The van der Waals surface area contributed by atoms with Crippen LogP contribution in [0.5, 0.6) is 0 Å². The van der Waals surface area contributed by atoms with Crippen LogP contribution in [0.25, 0.3) is 0 Å². The minimum Gasteiger partial charge on any atom is -0.481 e. The third kappa shape index (κ3) is 2.31. The van der Waals surface area contributed by atoms with E-state index in [1.54, 1.807) is 0 Å². The number of hydrogen-bond acceptors (Lipinski definition) is 1. The van der Waals surface area contributed by atoms with Crippen LogP contribution >= 0.6 is 0 Å². The molecule has 0 fully saturated rings. The predicted octanol–water partition coefficient (Wildman–Crippen LogP) is 1.18. The number of aliphatic carboxylic acids is 1. The molecule has 1 rings (SSSR count). The second-order valence-corrected chi connectivity index (χ2v) is 3.19. The normalized spacial score (nSPS) is 10.1. The first-order valence-electron chi connectivity index (χ1n) is 4.91. The Morgan fingerprint density at radius 3 is 2.71 bits per heavy atom. The molecule has 0 saturated heterocycles. The molecule has 0 amide bonds. The van der Waals surface area contributed by atoms with Crippen LogP contribution in [0.3, 0.4) is 0 Å². The van der Waals surface area contributed by atoms with Crippen LogP contribution in [-0.2, 0) is 24.2 Å². The lowest BCUT2D eigenvalue weighted by Crippen LogP contribution is -2.38. The molecule has 76 valence electrons. The molecule has 0 aliphatic carbocycles. The summed E-state index contributed by atoms with van der Waals surface area (Å²) in [6.45, 7) is 4.99. The summed E-state index contributed by atoms with van der Waals surface area (Å²) < 4.78 is 2.10. The molecular weight excluding hydrogens is 178 g/mol. The standard InChI is InChI=1S/C11H15NO2/c1-3-10-9(8-11(13)14)6-5-7-12(10)4-2/h5-7H,3-4,8H2,1-2H3/p+1. The van der Waals surface area contributed by atoms with Crippen molar-refractivity contribution in [3.05, 3.63) is 29.6 Å². The second kappa shape index (κ2) is 4.74. The van der Waals surface area contributed by atoms with Crippen molar-refractivity contribution in [2.45, 2.75) is 33.2 Å². The van der Waals surface area contributed by atoms with Gasteiger partial charge in [0, 0.05) is 18.1 Å². The van der Waals surface area contributed by atoms with Crippen LogP contribution in [0.4, 0.5) is 0 Å². The average molecular weight is 194 g/mol. The highest BCUT2D eigenvalue weighted by molar-refractivity contribution is 5.70. The zero-order chi connectivity index (χ0) is 10.6. The number of hydrogen-bond donors (Lipinski definition) is 1. The van der Waals surface area contributed by atoms with Crippen molar-refractivity contribution in [2.75, 3.05) is 0 Å². The molecule has 0 aromatic carbocycles. The molecule has 1 aromatic rings. The Hall–Kier alpha value is -1.38. The number of pyridine rings is 1. The van der Waals surface area contributed by atoms with E-state index in [2.05, 4.69) is 11.5 Å². The molecule has 0 unspecified atom stereocenters. The number of rotatable bonds is 4. The van der Waals surface area contributed by atoms with E-state index in [9.17, 15) is 4.79 Å². The number of carboxylic acids is 1. The van der Waals surface area contributed by atoms with Crippen molar-refractivity contribution in [3.8, 4) is 0 Å². The smallest absolute Gasteiger partial charge is 0.308 e. The van der Waals surface area contributed by atoms with Crippen molar-refractivity contribution < 1.29 is 14.5 Å². The first-order valence-corrected chi connectivity index (χ1v) is 4.91. The van der Waals surface area contributed by atoms with Crippen LogP contribution in [0.1, 0.15) is 25.1 Å². The van der Waals surface area contributed by atoms with Crippen molar-refractivity contribution in [3.63, 3.8) is 0 Å². The predicted molar refractivity (Wildman–Crippen MR) is 53.0 cm³/mol. The number of aryl methyl sites for hydroxylation is 1. The molecule has 0 radical (unpaired) electrons. The molecule has 0 atom stereocenters. The summed E-state index contributed by atoms with van der Waals surface area (Å²) in [5.74, 6) is -0.770. The summed E-state index contributed by atoms with van der Waals surface area (Å²) in [6, 6.07) is 3.79. The summed E-state index contributed by atoms with van der Waals surface area (Å²) in [4.78, 5) is 10.6. The van der Waals surface area contributed by atoms with E-state index in [4.69, 9.17) is 5.11 Å². The highest BCUT2D eigenvalue weighted by Gasteiger charge is 2.14. The summed E-state index contributed by atoms with van der Waals surface area (Å²) in [7, 11) is 0. The molecule has 0 aliphatic rings. The van der Waals surface area contributed by atoms with Gasteiger partial charge in [0.2, 0.25) is 0 Å². The molecule has 0 aliphatic heterocycles. The molecule has 3 heteroatoms. The van der Waals surface area contributed by atoms with Crippen molar-refractivity contribution in [1.82, 2.24) is 0 Å². The molecular formula is C11H16NO2+. The van der Waals surface area contributed by atoms with E-state index in [-0.39, 0.29) is 6.42 Å². The number of carbonyl (C=O) groups is 1. The number of carboxylic acid groups (broad SMARTS) is 1. The minimum atomic E-state index is -0.770. The van der Waals surface area contributed by atoms with Gasteiger partial charge in [-0.15, -0.1) is 0 Å². The van der Waals surface area contributed by atoms with Gasteiger partial charge < -0.3 is 5.11 Å². The van der Waals surface area contributed by atoms with Crippen LogP contribution < -0.4 is 4.57 Å². The van der Waals surface area contributed by atoms with Crippen LogP contribution in [0.15, 0.2) is 18.3 Å². The minimum absolute atomic E-state index is 0.115. The summed E-state index contributed by atoms with van der Waals surface area (Å²) in [5.41, 5.74) is 2.04. The fraction of sp³-hybridized carbons (Fsp3) is 0.455. The molecule has 0 bridgehead atoms. The lowest BCUT2D eigenvalue weighted by Gasteiger charge is -2.04. The Labute approximate surface area is 84.0 Å². The fourth-order valence-corrected chi connectivity index (χ4v) is 1.68. The first kappa shape index (κ1) is 10.7. The molecule has 0 saturated carbocycles. The van der Waals surface area contributed by atoms with Crippen LogP contribution in [-0.4, -0.2) is 11.1 Å². The lowest BCUT2D eigenvalue weighted by molar-refractivity contribution is -0.701. The number of nitrogens with zero attached hydrogens (tertiary/aromatic N) is 1. The van der Waals surface area contributed by atoms with E-state index in [1.807, 2.05) is 25.3 Å². The Morgan fingerprint density at radius 2 is 2.21 bits per heavy atom. The third-order valence-corrected chi connectivity index (χ3v) is 2.30. The van der Waals surface area contributed by atoms with Gasteiger partial charge in [-0.1, -0.05) is 6.92 Å². The van der Waals surface area contributed by atoms with Gasteiger partial charge in [0.05, 0.1) is 6.42 Å². The Morgan fingerprint density at radius 1 is 1.50 bits per heavy atom. The maximum absolute atomic E-state index is 10.6. The summed E-state index contributed by atoms with van der Waals surface area (Å²) in [5, 5.41) is 8.74. The Bertz CT molecular complexity index is 334. The number of aromatic nitrogens is 1. The Kier molecular flexibility index (Phi) is 3.63. The third-order valence-electron chi connectivity index (χ3n) is 2.30. The van der Waals surface area contributed by atoms with Crippen LogP contribution in [0, 0.1) is 0 Å². The zero-order valence-electron chi connectivity index (χ0n) is 8.66. The van der Waals surface area contributed by atoms with Crippen molar-refractivity contribution >= 4 is 5.97 Å². The molecule has 1 aromatic heterocycles. The molecule has 14 heavy (non-hydrogen) atoms. The quantitative estimate of drug-likeness (QED) is 0.731. The van der Waals surface area contributed by atoms with Crippen LogP contribution in [0.2, 0.25) is 0 Å². The topological polar surface area (TPSA) is 41.2 Å². The van der Waals surface area contributed by atoms with Crippen molar-refractivity contribution in [1.29, 1.82) is 0 Å². The largest absolute Gasteiger partial charge is 0.481 e. The summed E-state index contributed by atoms with van der Waals surface area (Å²) >= 11 is 0. The molecule has 1 heterocycles. The zero-order valence-corrected chi connectivity index (χ0v) is 8.66. The first-order chi connectivity index (χ1) is 6.69. The Balaban J connectivity index is 3.08. The maximum Gasteiger partial charge on any atom is 0.308 e. The van der Waals surface area contributed by atoms with Gasteiger partial charge >= 0.3 is 5.97 Å².